The van der Waals surface area contributed by atoms with Crippen LogP contribution in [0, 0.1) is 5.92 Å². The predicted octanol–water partition coefficient (Wildman–Crippen LogP) is 2.57. The second kappa shape index (κ2) is 4.84. The number of nitrogens with two attached hydrogens (primary N) is 1. The quantitative estimate of drug-likeness (QED) is 0.903. The van der Waals surface area contributed by atoms with Gasteiger partial charge in [0.25, 0.3) is 0 Å². The molecule has 0 amide bonds. The van der Waals surface area contributed by atoms with Gasteiger partial charge in [-0.1, -0.05) is 13.8 Å². The average Bonchev–Trinajstić information content (AvgIpc) is 2.86. The minimum atomic E-state index is 0.345. The van der Waals surface area contributed by atoms with Crippen molar-refractivity contribution in [3.8, 4) is 11.3 Å². The van der Waals surface area contributed by atoms with Gasteiger partial charge in [0, 0.05) is 24.3 Å². The summed E-state index contributed by atoms with van der Waals surface area (Å²) in [5, 5.41) is 4.32. The summed E-state index contributed by atoms with van der Waals surface area (Å²) in [6.45, 7) is 9.40. The molecule has 0 aliphatic carbocycles. The van der Waals surface area contributed by atoms with E-state index >= 15 is 0 Å². The standard InChI is InChI=1S/C13H21N5/c1-9(2)6-17-8-15-12(13(17)14)11-5-16-18(7-11)10(3)4/h5,7-10H,6,14H2,1-4H3. The largest absolute Gasteiger partial charge is 0.383 e. The number of hydrogen-bond acceptors (Lipinski definition) is 3. The lowest BCUT2D eigenvalue weighted by atomic mass is 10.2. The first-order chi connectivity index (χ1) is 8.49. The number of aromatic nitrogens is 4. The Bertz CT molecular complexity index is 521. The number of imidazole rings is 1. The predicted molar refractivity (Wildman–Crippen MR) is 73.1 cm³/mol. The van der Waals surface area contributed by atoms with E-state index in [0.717, 1.165) is 17.8 Å². The zero-order chi connectivity index (χ0) is 13.3. The molecule has 0 aromatic carbocycles. The van der Waals surface area contributed by atoms with E-state index in [-0.39, 0.29) is 0 Å². The fraction of sp³-hybridized carbons (Fsp3) is 0.538. The van der Waals surface area contributed by atoms with Crippen molar-refractivity contribution in [3.63, 3.8) is 0 Å². The fourth-order valence-corrected chi connectivity index (χ4v) is 1.90. The Hall–Kier alpha value is -1.78. The molecule has 98 valence electrons. The molecule has 2 aromatic heterocycles. The van der Waals surface area contributed by atoms with Gasteiger partial charge in [-0.05, 0) is 19.8 Å². The third-order valence-corrected chi connectivity index (χ3v) is 2.84. The number of hydrogen-bond donors (Lipinski definition) is 1. The van der Waals surface area contributed by atoms with E-state index in [0.29, 0.717) is 17.8 Å². The van der Waals surface area contributed by atoms with Crippen LogP contribution in [0.25, 0.3) is 11.3 Å². The van der Waals surface area contributed by atoms with Crippen molar-refractivity contribution in [1.29, 1.82) is 0 Å². The molecule has 0 saturated carbocycles. The molecule has 0 fully saturated rings. The third-order valence-electron chi connectivity index (χ3n) is 2.84. The lowest BCUT2D eigenvalue weighted by Gasteiger charge is -2.07. The van der Waals surface area contributed by atoms with E-state index in [1.807, 2.05) is 21.6 Å². The van der Waals surface area contributed by atoms with Crippen LogP contribution < -0.4 is 5.73 Å². The third kappa shape index (κ3) is 2.39. The molecule has 0 aliphatic heterocycles. The van der Waals surface area contributed by atoms with Crippen LogP contribution in [0.15, 0.2) is 18.7 Å². The summed E-state index contributed by atoms with van der Waals surface area (Å²) in [5.74, 6) is 1.26. The smallest absolute Gasteiger partial charge is 0.131 e. The zero-order valence-corrected chi connectivity index (χ0v) is 11.5. The first-order valence-electron chi connectivity index (χ1n) is 6.34. The monoisotopic (exact) mass is 247 g/mol. The number of anilines is 1. The molecular formula is C13H21N5. The van der Waals surface area contributed by atoms with Crippen LogP contribution in [0.3, 0.4) is 0 Å². The minimum absolute atomic E-state index is 0.345. The molecule has 5 nitrogen and oxygen atoms in total. The van der Waals surface area contributed by atoms with E-state index in [4.69, 9.17) is 5.73 Å². The van der Waals surface area contributed by atoms with Gasteiger partial charge in [-0.15, -0.1) is 0 Å². The van der Waals surface area contributed by atoms with E-state index in [1.54, 1.807) is 6.33 Å². The SMILES string of the molecule is CC(C)Cn1cnc(-c2cnn(C(C)C)c2)c1N. The van der Waals surface area contributed by atoms with E-state index in [9.17, 15) is 0 Å². The van der Waals surface area contributed by atoms with Gasteiger partial charge in [0.2, 0.25) is 0 Å². The lowest BCUT2D eigenvalue weighted by molar-refractivity contribution is 0.527. The van der Waals surface area contributed by atoms with E-state index in [2.05, 4.69) is 37.8 Å². The van der Waals surface area contributed by atoms with Gasteiger partial charge in [-0.2, -0.15) is 5.10 Å². The van der Waals surface area contributed by atoms with Crippen LogP contribution in [0.4, 0.5) is 5.82 Å². The maximum Gasteiger partial charge on any atom is 0.131 e. The highest BCUT2D eigenvalue weighted by Crippen LogP contribution is 2.25. The molecule has 2 heterocycles. The van der Waals surface area contributed by atoms with Crippen LogP contribution in [-0.4, -0.2) is 19.3 Å². The van der Waals surface area contributed by atoms with Gasteiger partial charge in [-0.25, -0.2) is 4.98 Å². The van der Waals surface area contributed by atoms with Gasteiger partial charge in [0.05, 0.1) is 12.5 Å². The maximum absolute atomic E-state index is 6.13. The molecule has 5 heteroatoms. The summed E-state index contributed by atoms with van der Waals surface area (Å²) < 4.78 is 3.91. The van der Waals surface area contributed by atoms with Gasteiger partial charge < -0.3 is 10.3 Å². The lowest BCUT2D eigenvalue weighted by Crippen LogP contribution is -2.06. The van der Waals surface area contributed by atoms with Crippen LogP contribution in [0.5, 0.6) is 0 Å². The minimum Gasteiger partial charge on any atom is -0.383 e. The molecule has 0 unspecified atom stereocenters. The topological polar surface area (TPSA) is 61.7 Å². The van der Waals surface area contributed by atoms with Crippen molar-refractivity contribution < 1.29 is 0 Å². The molecule has 0 aliphatic rings. The highest BCUT2D eigenvalue weighted by atomic mass is 15.3. The van der Waals surface area contributed by atoms with Crippen molar-refractivity contribution in [1.82, 2.24) is 19.3 Å². The first kappa shape index (κ1) is 12.7. The highest BCUT2D eigenvalue weighted by Gasteiger charge is 2.13. The van der Waals surface area contributed by atoms with Crippen molar-refractivity contribution >= 4 is 5.82 Å². The van der Waals surface area contributed by atoms with Crippen LogP contribution in [0.1, 0.15) is 33.7 Å². The highest BCUT2D eigenvalue weighted by molar-refractivity contribution is 5.69. The van der Waals surface area contributed by atoms with Crippen LogP contribution in [-0.2, 0) is 6.54 Å². The van der Waals surface area contributed by atoms with Crippen LogP contribution >= 0.6 is 0 Å². The fourth-order valence-electron chi connectivity index (χ4n) is 1.90. The molecule has 0 bridgehead atoms. The van der Waals surface area contributed by atoms with Gasteiger partial charge >= 0.3 is 0 Å². The summed E-state index contributed by atoms with van der Waals surface area (Å²) in [7, 11) is 0. The second-order valence-electron chi connectivity index (χ2n) is 5.33. The average molecular weight is 247 g/mol. The summed E-state index contributed by atoms with van der Waals surface area (Å²) in [5.41, 5.74) is 7.93. The van der Waals surface area contributed by atoms with Crippen molar-refractivity contribution in [3.05, 3.63) is 18.7 Å². The molecule has 18 heavy (non-hydrogen) atoms. The van der Waals surface area contributed by atoms with Gasteiger partial charge in [0.1, 0.15) is 11.5 Å². The molecule has 0 atom stereocenters. The molecule has 0 radical (unpaired) electrons. The van der Waals surface area contributed by atoms with Crippen LogP contribution in [0.2, 0.25) is 0 Å². The number of nitrogen functional groups attached to an aromatic ring is 1. The Morgan fingerprint density at radius 1 is 1.28 bits per heavy atom. The normalized spacial score (nSPS) is 11.7. The Labute approximate surface area is 108 Å². The molecule has 0 spiro atoms. The summed E-state index contributed by atoms with van der Waals surface area (Å²) in [4.78, 5) is 4.40. The Balaban J connectivity index is 2.30. The van der Waals surface area contributed by atoms with Gasteiger partial charge in [0.15, 0.2) is 0 Å². The Kier molecular flexibility index (Phi) is 3.41. The first-order valence-corrected chi connectivity index (χ1v) is 6.34. The number of rotatable bonds is 4. The maximum atomic E-state index is 6.13. The Morgan fingerprint density at radius 2 is 2.00 bits per heavy atom. The molecular weight excluding hydrogens is 226 g/mol. The van der Waals surface area contributed by atoms with E-state index < -0.39 is 0 Å². The Morgan fingerprint density at radius 3 is 2.56 bits per heavy atom. The summed E-state index contributed by atoms with van der Waals surface area (Å²) in [6.07, 6.45) is 5.61. The summed E-state index contributed by atoms with van der Waals surface area (Å²) >= 11 is 0. The molecule has 2 aromatic rings. The van der Waals surface area contributed by atoms with Crippen molar-refractivity contribution in [2.24, 2.45) is 5.92 Å². The van der Waals surface area contributed by atoms with Crippen molar-refractivity contribution in [2.75, 3.05) is 5.73 Å². The molecule has 2 rings (SSSR count). The number of nitrogens with zero attached hydrogens (tertiary/aromatic N) is 4. The van der Waals surface area contributed by atoms with Crippen molar-refractivity contribution in [2.45, 2.75) is 40.3 Å². The summed E-state index contributed by atoms with van der Waals surface area (Å²) in [6, 6.07) is 0.345. The second-order valence-corrected chi connectivity index (χ2v) is 5.33. The zero-order valence-electron chi connectivity index (χ0n) is 11.5. The molecule has 0 saturated heterocycles. The van der Waals surface area contributed by atoms with E-state index in [1.165, 1.54) is 0 Å². The van der Waals surface area contributed by atoms with Gasteiger partial charge in [-0.3, -0.25) is 4.68 Å². The molecule has 2 N–H and O–H groups in total.